The van der Waals surface area contributed by atoms with Crippen LogP contribution in [0.15, 0.2) is 71.3 Å². The second-order valence-corrected chi connectivity index (χ2v) is 5.89. The van der Waals surface area contributed by atoms with Crippen molar-refractivity contribution in [1.29, 1.82) is 0 Å². The van der Waals surface area contributed by atoms with E-state index >= 15 is 0 Å². The Kier molecular flexibility index (Phi) is 5.96. The normalized spacial score (nSPS) is 11.0. The third kappa shape index (κ3) is 4.91. The number of oxazole rings is 1. The van der Waals surface area contributed by atoms with Crippen LogP contribution < -0.4 is 5.48 Å². The van der Waals surface area contributed by atoms with Crippen molar-refractivity contribution >= 4 is 12.0 Å². The minimum Gasteiger partial charge on any atom is -0.441 e. The molecule has 3 rings (SSSR count). The third-order valence-corrected chi connectivity index (χ3v) is 3.99. The van der Waals surface area contributed by atoms with Crippen LogP contribution in [0.4, 0.5) is 0 Å². The van der Waals surface area contributed by atoms with Crippen molar-refractivity contribution in [2.45, 2.75) is 19.3 Å². The number of carbonyl (C=O) groups is 1. The van der Waals surface area contributed by atoms with E-state index in [1.807, 2.05) is 42.5 Å². The van der Waals surface area contributed by atoms with E-state index in [9.17, 15) is 4.79 Å². The van der Waals surface area contributed by atoms with Gasteiger partial charge < -0.3 is 4.42 Å². The highest BCUT2D eigenvalue weighted by atomic mass is 16.5. The number of rotatable bonds is 7. The highest BCUT2D eigenvalue weighted by Gasteiger charge is 2.06. The Bertz CT molecular complexity index is 868. The van der Waals surface area contributed by atoms with Gasteiger partial charge >= 0.3 is 0 Å². The topological polar surface area (TPSA) is 75.4 Å². The van der Waals surface area contributed by atoms with Gasteiger partial charge in [-0.2, -0.15) is 0 Å². The molecule has 0 saturated heterocycles. The molecule has 26 heavy (non-hydrogen) atoms. The number of benzene rings is 2. The first-order valence-electron chi connectivity index (χ1n) is 8.46. The summed E-state index contributed by atoms with van der Waals surface area (Å²) in [5.74, 6) is 0.896. The zero-order chi connectivity index (χ0) is 18.2. The average Bonchev–Trinajstić information content (AvgIpc) is 3.16. The fourth-order valence-electron chi connectivity index (χ4n) is 2.62. The average molecular weight is 348 g/mol. The van der Waals surface area contributed by atoms with E-state index in [4.69, 9.17) is 9.62 Å². The summed E-state index contributed by atoms with van der Waals surface area (Å²) in [6, 6.07) is 17.9. The van der Waals surface area contributed by atoms with Crippen LogP contribution in [0.25, 0.3) is 17.4 Å². The predicted molar refractivity (Wildman–Crippen MR) is 99.4 cm³/mol. The van der Waals surface area contributed by atoms with E-state index in [-0.39, 0.29) is 0 Å². The quantitative estimate of drug-likeness (QED) is 0.384. The van der Waals surface area contributed by atoms with Crippen LogP contribution in [-0.2, 0) is 17.6 Å². The lowest BCUT2D eigenvalue weighted by molar-refractivity contribution is -0.124. The molecule has 0 unspecified atom stereocenters. The standard InChI is InChI=1S/C21H20N2O3/c24-20(23-25)14-11-17-9-12-18(13-10-17)19-15-22-21(26-19)8-4-7-16-5-2-1-3-6-16/h1-3,5-6,9-15,25H,4,7-8H2,(H,23,24). The van der Waals surface area contributed by atoms with Crippen LogP contribution in [0.1, 0.15) is 23.4 Å². The van der Waals surface area contributed by atoms with E-state index in [1.165, 1.54) is 11.6 Å². The van der Waals surface area contributed by atoms with Gasteiger partial charge in [0.05, 0.1) is 6.20 Å². The molecular weight excluding hydrogens is 328 g/mol. The molecule has 0 aliphatic rings. The molecule has 132 valence electrons. The maximum atomic E-state index is 11.0. The molecule has 5 heteroatoms. The molecule has 3 aromatic rings. The minimum atomic E-state index is -0.565. The van der Waals surface area contributed by atoms with Crippen LogP contribution in [0, 0.1) is 0 Å². The number of hydrogen-bond acceptors (Lipinski definition) is 4. The van der Waals surface area contributed by atoms with Crippen molar-refractivity contribution in [3.05, 3.63) is 83.9 Å². The number of hydrogen-bond donors (Lipinski definition) is 2. The molecule has 0 spiro atoms. The first kappa shape index (κ1) is 17.6. The molecule has 0 atom stereocenters. The van der Waals surface area contributed by atoms with Crippen molar-refractivity contribution in [3.8, 4) is 11.3 Å². The smallest absolute Gasteiger partial charge is 0.267 e. The molecule has 0 radical (unpaired) electrons. The van der Waals surface area contributed by atoms with Gasteiger partial charge in [0.2, 0.25) is 0 Å². The second-order valence-electron chi connectivity index (χ2n) is 5.89. The van der Waals surface area contributed by atoms with Crippen molar-refractivity contribution in [1.82, 2.24) is 10.5 Å². The minimum absolute atomic E-state index is 0.565. The van der Waals surface area contributed by atoms with Crippen molar-refractivity contribution in [2.24, 2.45) is 0 Å². The summed E-state index contributed by atoms with van der Waals surface area (Å²) < 4.78 is 5.84. The summed E-state index contributed by atoms with van der Waals surface area (Å²) in [6.07, 6.45) is 7.40. The molecule has 2 aromatic carbocycles. The van der Waals surface area contributed by atoms with E-state index in [1.54, 1.807) is 17.8 Å². The van der Waals surface area contributed by atoms with Gasteiger partial charge in [-0.05, 0) is 30.0 Å². The first-order chi connectivity index (χ1) is 12.7. The van der Waals surface area contributed by atoms with E-state index in [0.717, 1.165) is 42.0 Å². The second kappa shape index (κ2) is 8.78. The SMILES string of the molecule is O=C(C=Cc1ccc(-c2cnc(CCCc3ccccc3)o2)cc1)NO. The monoisotopic (exact) mass is 348 g/mol. The molecule has 0 bridgehead atoms. The van der Waals surface area contributed by atoms with Crippen molar-refractivity contribution in [2.75, 3.05) is 0 Å². The third-order valence-electron chi connectivity index (χ3n) is 3.99. The first-order valence-corrected chi connectivity index (χ1v) is 8.46. The summed E-state index contributed by atoms with van der Waals surface area (Å²) in [4.78, 5) is 15.3. The Morgan fingerprint density at radius 3 is 2.58 bits per heavy atom. The van der Waals surface area contributed by atoms with Crippen molar-refractivity contribution < 1.29 is 14.4 Å². The van der Waals surface area contributed by atoms with Gasteiger partial charge in [0.1, 0.15) is 0 Å². The van der Waals surface area contributed by atoms with E-state index in [0.29, 0.717) is 0 Å². The Hall–Kier alpha value is -3.18. The number of nitrogens with one attached hydrogen (secondary N) is 1. The van der Waals surface area contributed by atoms with E-state index in [2.05, 4.69) is 17.1 Å². The molecular formula is C21H20N2O3. The van der Waals surface area contributed by atoms with Gasteiger partial charge in [0, 0.05) is 18.1 Å². The molecule has 0 fully saturated rings. The number of hydroxylamine groups is 1. The van der Waals surface area contributed by atoms with Crippen LogP contribution in [0.3, 0.4) is 0 Å². The fourth-order valence-corrected chi connectivity index (χ4v) is 2.62. The number of amides is 1. The highest BCUT2D eigenvalue weighted by Crippen LogP contribution is 2.22. The fraction of sp³-hybridized carbons (Fsp3) is 0.143. The molecule has 1 amide bonds. The summed E-state index contributed by atoms with van der Waals surface area (Å²) in [5, 5.41) is 8.46. The zero-order valence-electron chi connectivity index (χ0n) is 14.3. The van der Waals surface area contributed by atoms with Crippen LogP contribution in [0.2, 0.25) is 0 Å². The molecule has 1 heterocycles. The lowest BCUT2D eigenvalue weighted by Crippen LogP contribution is -2.14. The zero-order valence-corrected chi connectivity index (χ0v) is 14.3. The van der Waals surface area contributed by atoms with Gasteiger partial charge in [0.15, 0.2) is 11.7 Å². The Balaban J connectivity index is 1.57. The van der Waals surface area contributed by atoms with Crippen LogP contribution in [0.5, 0.6) is 0 Å². The summed E-state index contributed by atoms with van der Waals surface area (Å²) in [5.41, 5.74) is 4.64. The maximum Gasteiger partial charge on any atom is 0.267 e. The summed E-state index contributed by atoms with van der Waals surface area (Å²) in [7, 11) is 0. The number of aromatic nitrogens is 1. The molecule has 5 nitrogen and oxygen atoms in total. The Morgan fingerprint density at radius 2 is 1.85 bits per heavy atom. The van der Waals surface area contributed by atoms with Gasteiger partial charge in [-0.15, -0.1) is 0 Å². The highest BCUT2D eigenvalue weighted by molar-refractivity contribution is 5.90. The lowest BCUT2D eigenvalue weighted by Gasteiger charge is -2.00. The van der Waals surface area contributed by atoms with Gasteiger partial charge in [-0.1, -0.05) is 54.6 Å². The van der Waals surface area contributed by atoms with Crippen LogP contribution >= 0.6 is 0 Å². The number of carbonyl (C=O) groups excluding carboxylic acids is 1. The molecule has 0 aliphatic heterocycles. The summed E-state index contributed by atoms with van der Waals surface area (Å²) >= 11 is 0. The van der Waals surface area contributed by atoms with Gasteiger partial charge in [-0.3, -0.25) is 10.0 Å². The maximum absolute atomic E-state index is 11.0. The van der Waals surface area contributed by atoms with Gasteiger partial charge in [-0.25, -0.2) is 10.5 Å². The number of aryl methyl sites for hydroxylation is 2. The Labute approximate surface area is 152 Å². The molecule has 1 aromatic heterocycles. The van der Waals surface area contributed by atoms with Crippen molar-refractivity contribution in [3.63, 3.8) is 0 Å². The van der Waals surface area contributed by atoms with Gasteiger partial charge in [0.25, 0.3) is 5.91 Å². The molecule has 0 saturated carbocycles. The van der Waals surface area contributed by atoms with E-state index < -0.39 is 5.91 Å². The molecule has 0 aliphatic carbocycles. The predicted octanol–water partition coefficient (Wildman–Crippen LogP) is 4.04. The van der Waals surface area contributed by atoms with Crippen LogP contribution in [-0.4, -0.2) is 16.1 Å². The largest absolute Gasteiger partial charge is 0.441 e. The number of nitrogens with zero attached hydrogens (tertiary/aromatic N) is 1. The lowest BCUT2D eigenvalue weighted by atomic mass is 10.1. The Morgan fingerprint density at radius 1 is 1.08 bits per heavy atom. The molecule has 2 N–H and O–H groups in total. The summed E-state index contributed by atoms with van der Waals surface area (Å²) in [6.45, 7) is 0.